The lowest BCUT2D eigenvalue weighted by Gasteiger charge is -2.15. The molecule has 19 heavy (non-hydrogen) atoms. The van der Waals surface area contributed by atoms with Gasteiger partial charge in [0.25, 0.3) is 0 Å². The molecule has 1 unspecified atom stereocenters. The van der Waals surface area contributed by atoms with Gasteiger partial charge in [0, 0.05) is 25.7 Å². The predicted octanol–water partition coefficient (Wildman–Crippen LogP) is 0.184. The molecule has 3 N–H and O–H groups in total. The molecule has 1 fully saturated rings. The van der Waals surface area contributed by atoms with Gasteiger partial charge in [-0.1, -0.05) is 13.8 Å². The molecule has 1 rings (SSSR count). The number of nitrogens with one attached hydrogen (secondary N) is 3. The van der Waals surface area contributed by atoms with E-state index in [1.54, 1.807) is 0 Å². The highest BCUT2D eigenvalue weighted by Crippen LogP contribution is 2.07. The third-order valence-corrected chi connectivity index (χ3v) is 2.97. The smallest absolute Gasteiger partial charge is 0.321 e. The molecule has 3 amide bonds. The highest BCUT2D eigenvalue weighted by molar-refractivity contribution is 5.95. The fraction of sp³-hybridized carbons (Fsp3) is 0.833. The molecule has 0 aliphatic carbocycles. The van der Waals surface area contributed by atoms with Gasteiger partial charge in [-0.3, -0.25) is 15.0 Å². The van der Waals surface area contributed by atoms with Gasteiger partial charge in [0.2, 0.25) is 5.91 Å². The van der Waals surface area contributed by atoms with Crippen molar-refractivity contribution < 1.29 is 9.59 Å². The maximum atomic E-state index is 11.6. The average Bonchev–Trinajstić information content (AvgIpc) is 2.73. The second-order valence-corrected chi connectivity index (χ2v) is 5.16. The van der Waals surface area contributed by atoms with Crippen LogP contribution in [0.4, 0.5) is 4.79 Å². The Bertz CT molecular complexity index is 299. The number of likely N-dealkylation sites (N-methyl/N-ethyl adjacent to an activating group) is 1. The number of carbonyl (C=O) groups excluding carboxylic acids is 2. The number of imide groups is 1. The standard InChI is InChI=1S/C12H24N4O2.ClH/c1-9(2)6-14-12(18)15-11(17)8-16-5-4-10(7-16)13-3;/h9-10,13H,4-8H2,1-3H3,(H2,14,15,17,18);1H. The number of hydrogen-bond donors (Lipinski definition) is 3. The monoisotopic (exact) mass is 292 g/mol. The van der Waals surface area contributed by atoms with Gasteiger partial charge in [0.15, 0.2) is 0 Å². The molecule has 112 valence electrons. The van der Waals surface area contributed by atoms with Crippen LogP contribution in [0.2, 0.25) is 0 Å². The summed E-state index contributed by atoms with van der Waals surface area (Å²) < 4.78 is 0. The largest absolute Gasteiger partial charge is 0.338 e. The van der Waals surface area contributed by atoms with Crippen molar-refractivity contribution in [2.75, 3.05) is 33.2 Å². The lowest BCUT2D eigenvalue weighted by atomic mass is 10.2. The zero-order valence-electron chi connectivity index (χ0n) is 11.9. The first kappa shape index (κ1) is 18.1. The zero-order chi connectivity index (χ0) is 13.5. The molecule has 0 aromatic rings. The minimum Gasteiger partial charge on any atom is -0.338 e. The second-order valence-electron chi connectivity index (χ2n) is 5.16. The van der Waals surface area contributed by atoms with E-state index < -0.39 is 6.03 Å². The summed E-state index contributed by atoms with van der Waals surface area (Å²) in [7, 11) is 1.92. The molecule has 1 atom stereocenters. The van der Waals surface area contributed by atoms with Gasteiger partial charge in [0.1, 0.15) is 0 Å². The number of likely N-dealkylation sites (tertiary alicyclic amines) is 1. The quantitative estimate of drug-likeness (QED) is 0.676. The maximum absolute atomic E-state index is 11.6. The number of amides is 3. The Morgan fingerprint density at radius 1 is 1.37 bits per heavy atom. The molecule has 0 spiro atoms. The first-order valence-corrected chi connectivity index (χ1v) is 6.48. The van der Waals surface area contributed by atoms with Gasteiger partial charge >= 0.3 is 6.03 Å². The predicted molar refractivity (Wildman–Crippen MR) is 77.5 cm³/mol. The average molecular weight is 293 g/mol. The summed E-state index contributed by atoms with van der Waals surface area (Å²) in [6.07, 6.45) is 1.04. The summed E-state index contributed by atoms with van der Waals surface area (Å²) in [6.45, 7) is 6.62. The van der Waals surface area contributed by atoms with Crippen LogP contribution in [0, 0.1) is 5.92 Å². The summed E-state index contributed by atoms with van der Waals surface area (Å²) in [5.41, 5.74) is 0. The van der Waals surface area contributed by atoms with E-state index in [4.69, 9.17) is 0 Å². The number of carbonyl (C=O) groups is 2. The summed E-state index contributed by atoms with van der Waals surface area (Å²) in [4.78, 5) is 25.0. The third kappa shape index (κ3) is 7.34. The molecule has 0 aromatic heterocycles. The van der Waals surface area contributed by atoms with Gasteiger partial charge in [-0.25, -0.2) is 4.79 Å². The Kier molecular flexibility index (Phi) is 8.71. The van der Waals surface area contributed by atoms with Crippen molar-refractivity contribution in [1.29, 1.82) is 0 Å². The molecule has 1 aliphatic rings. The first-order chi connectivity index (χ1) is 8.51. The van der Waals surface area contributed by atoms with E-state index >= 15 is 0 Å². The van der Waals surface area contributed by atoms with Gasteiger partial charge in [-0.15, -0.1) is 12.4 Å². The molecule has 0 aromatic carbocycles. The Morgan fingerprint density at radius 2 is 2.05 bits per heavy atom. The Balaban J connectivity index is 0.00000324. The lowest BCUT2D eigenvalue weighted by molar-refractivity contribution is -0.120. The molecular weight excluding hydrogens is 268 g/mol. The molecule has 0 saturated carbocycles. The number of rotatable bonds is 5. The van der Waals surface area contributed by atoms with Crippen LogP contribution >= 0.6 is 12.4 Å². The molecule has 1 saturated heterocycles. The van der Waals surface area contributed by atoms with Gasteiger partial charge in [-0.05, 0) is 19.4 Å². The van der Waals surface area contributed by atoms with Crippen molar-refractivity contribution in [1.82, 2.24) is 20.9 Å². The molecule has 7 heteroatoms. The van der Waals surface area contributed by atoms with Crippen LogP contribution in [0.25, 0.3) is 0 Å². The van der Waals surface area contributed by atoms with E-state index in [1.807, 2.05) is 25.8 Å². The van der Waals surface area contributed by atoms with E-state index in [0.717, 1.165) is 19.5 Å². The zero-order valence-corrected chi connectivity index (χ0v) is 12.7. The van der Waals surface area contributed by atoms with E-state index in [9.17, 15) is 9.59 Å². The van der Waals surface area contributed by atoms with Gasteiger partial charge in [-0.2, -0.15) is 0 Å². The highest BCUT2D eigenvalue weighted by Gasteiger charge is 2.23. The topological polar surface area (TPSA) is 73.5 Å². The number of nitrogens with zero attached hydrogens (tertiary/aromatic N) is 1. The Morgan fingerprint density at radius 3 is 2.58 bits per heavy atom. The van der Waals surface area contributed by atoms with Crippen molar-refractivity contribution in [3.63, 3.8) is 0 Å². The van der Waals surface area contributed by atoms with Crippen LogP contribution in [0.3, 0.4) is 0 Å². The van der Waals surface area contributed by atoms with Crippen molar-refractivity contribution in [3.05, 3.63) is 0 Å². The molecular formula is C12H25ClN4O2. The Labute approximate surface area is 121 Å². The first-order valence-electron chi connectivity index (χ1n) is 6.48. The van der Waals surface area contributed by atoms with Crippen LogP contribution in [0.15, 0.2) is 0 Å². The maximum Gasteiger partial charge on any atom is 0.321 e. The van der Waals surface area contributed by atoms with Crippen molar-refractivity contribution in [3.8, 4) is 0 Å². The van der Waals surface area contributed by atoms with Crippen molar-refractivity contribution >= 4 is 24.3 Å². The number of halogens is 1. The fourth-order valence-corrected chi connectivity index (χ4v) is 1.92. The van der Waals surface area contributed by atoms with Crippen LogP contribution in [0.1, 0.15) is 20.3 Å². The molecule has 1 aliphatic heterocycles. The number of hydrogen-bond acceptors (Lipinski definition) is 4. The number of urea groups is 1. The van der Waals surface area contributed by atoms with Crippen LogP contribution in [-0.2, 0) is 4.79 Å². The van der Waals surface area contributed by atoms with E-state index in [-0.39, 0.29) is 24.9 Å². The SMILES string of the molecule is CNC1CCN(CC(=O)NC(=O)NCC(C)C)C1.Cl. The van der Waals surface area contributed by atoms with Gasteiger partial charge in [0.05, 0.1) is 6.54 Å². The molecule has 0 bridgehead atoms. The molecule has 1 heterocycles. The lowest BCUT2D eigenvalue weighted by Crippen LogP contribution is -2.45. The summed E-state index contributed by atoms with van der Waals surface area (Å²) in [5, 5.41) is 8.19. The highest BCUT2D eigenvalue weighted by atomic mass is 35.5. The Hall–Kier alpha value is -0.850. The van der Waals surface area contributed by atoms with E-state index in [1.165, 1.54) is 0 Å². The normalized spacial score (nSPS) is 19.1. The minimum atomic E-state index is -0.405. The fourth-order valence-electron chi connectivity index (χ4n) is 1.92. The van der Waals surface area contributed by atoms with Crippen molar-refractivity contribution in [2.24, 2.45) is 5.92 Å². The van der Waals surface area contributed by atoms with Crippen LogP contribution in [-0.4, -0.2) is 56.1 Å². The summed E-state index contributed by atoms with van der Waals surface area (Å²) in [5.74, 6) is 0.133. The van der Waals surface area contributed by atoms with E-state index in [0.29, 0.717) is 18.5 Å². The summed E-state index contributed by atoms with van der Waals surface area (Å²) >= 11 is 0. The molecule has 6 nitrogen and oxygen atoms in total. The van der Waals surface area contributed by atoms with Crippen molar-refractivity contribution in [2.45, 2.75) is 26.3 Å². The van der Waals surface area contributed by atoms with E-state index in [2.05, 4.69) is 16.0 Å². The van der Waals surface area contributed by atoms with Crippen LogP contribution in [0.5, 0.6) is 0 Å². The second kappa shape index (κ2) is 9.12. The minimum absolute atomic E-state index is 0. The summed E-state index contributed by atoms with van der Waals surface area (Å²) in [6, 6.07) is 0.0469. The van der Waals surface area contributed by atoms with Crippen LogP contribution < -0.4 is 16.0 Å². The van der Waals surface area contributed by atoms with Gasteiger partial charge < -0.3 is 10.6 Å². The third-order valence-electron chi connectivity index (χ3n) is 2.97. The molecule has 0 radical (unpaired) electrons.